The quantitative estimate of drug-likeness (QED) is 0.757. The van der Waals surface area contributed by atoms with Crippen LogP contribution in [-0.4, -0.2) is 60.0 Å². The van der Waals surface area contributed by atoms with Crippen molar-refractivity contribution in [3.63, 3.8) is 0 Å². The Balaban J connectivity index is 2.14. The number of hydrogen-bond donors (Lipinski definition) is 1. The summed E-state index contributed by atoms with van der Waals surface area (Å²) in [5.41, 5.74) is -0.673. The first-order valence-electron chi connectivity index (χ1n) is 8.19. The van der Waals surface area contributed by atoms with Gasteiger partial charge in [-0.05, 0) is 47.0 Å². The molecule has 8 heteroatoms. The van der Waals surface area contributed by atoms with Crippen LogP contribution < -0.4 is 5.32 Å². The Morgan fingerprint density at radius 3 is 2.54 bits per heavy atom. The van der Waals surface area contributed by atoms with E-state index in [1.807, 2.05) is 0 Å². The van der Waals surface area contributed by atoms with Crippen LogP contribution in [0, 0.1) is 0 Å². The SMILES string of the molecule is COC(=O)[C@@H]1CCC[C@H]2O[C@@H](C)[C@H](NC(=O)OC(C)(C)C)C(=O)N21. The highest BCUT2D eigenvalue weighted by molar-refractivity contribution is 5.91. The van der Waals surface area contributed by atoms with E-state index >= 15 is 0 Å². The lowest BCUT2D eigenvalue weighted by molar-refractivity contribution is -0.200. The Hall–Kier alpha value is -1.83. The number of carbonyl (C=O) groups excluding carboxylic acids is 3. The average molecular weight is 342 g/mol. The molecule has 2 rings (SSSR count). The third-order valence-electron chi connectivity index (χ3n) is 4.08. The maximum Gasteiger partial charge on any atom is 0.408 e. The molecule has 0 aromatic heterocycles. The minimum Gasteiger partial charge on any atom is -0.467 e. The fraction of sp³-hybridized carbons (Fsp3) is 0.812. The zero-order chi connectivity index (χ0) is 18.1. The van der Waals surface area contributed by atoms with Crippen molar-refractivity contribution in [3.8, 4) is 0 Å². The third-order valence-corrected chi connectivity index (χ3v) is 4.08. The number of amides is 2. The van der Waals surface area contributed by atoms with Crippen molar-refractivity contribution in [2.24, 2.45) is 0 Å². The summed E-state index contributed by atoms with van der Waals surface area (Å²) in [5, 5.41) is 2.56. The van der Waals surface area contributed by atoms with Crippen LogP contribution in [0.15, 0.2) is 0 Å². The molecule has 2 aliphatic heterocycles. The van der Waals surface area contributed by atoms with Crippen LogP contribution in [0.4, 0.5) is 4.79 Å². The molecule has 8 nitrogen and oxygen atoms in total. The molecule has 2 amide bonds. The summed E-state index contributed by atoms with van der Waals surface area (Å²) in [6, 6.07) is -1.59. The average Bonchev–Trinajstić information content (AvgIpc) is 2.48. The minimum atomic E-state index is -0.902. The number of esters is 1. The summed E-state index contributed by atoms with van der Waals surface area (Å²) in [5.74, 6) is -0.818. The normalized spacial score (nSPS) is 30.4. The highest BCUT2D eigenvalue weighted by Gasteiger charge is 2.48. The Kier molecular flexibility index (Phi) is 5.37. The van der Waals surface area contributed by atoms with E-state index < -0.39 is 42.1 Å². The summed E-state index contributed by atoms with van der Waals surface area (Å²) in [7, 11) is 1.29. The summed E-state index contributed by atoms with van der Waals surface area (Å²) < 4.78 is 15.9. The summed E-state index contributed by atoms with van der Waals surface area (Å²) >= 11 is 0. The lowest BCUT2D eigenvalue weighted by atomic mass is 9.96. The van der Waals surface area contributed by atoms with Gasteiger partial charge in [0.15, 0.2) is 0 Å². The van der Waals surface area contributed by atoms with Crippen molar-refractivity contribution in [2.45, 2.75) is 77.0 Å². The zero-order valence-electron chi connectivity index (χ0n) is 14.8. The number of methoxy groups -OCH3 is 1. The van der Waals surface area contributed by atoms with E-state index in [4.69, 9.17) is 14.2 Å². The number of carbonyl (C=O) groups is 3. The number of piperidine rings is 1. The summed E-state index contributed by atoms with van der Waals surface area (Å²) in [4.78, 5) is 38.3. The van der Waals surface area contributed by atoms with Gasteiger partial charge in [-0.2, -0.15) is 0 Å². The fourth-order valence-corrected chi connectivity index (χ4v) is 3.06. The van der Waals surface area contributed by atoms with Gasteiger partial charge in [-0.1, -0.05) is 0 Å². The number of nitrogens with one attached hydrogen (secondary N) is 1. The van der Waals surface area contributed by atoms with Crippen molar-refractivity contribution < 1.29 is 28.6 Å². The van der Waals surface area contributed by atoms with Gasteiger partial charge in [0.25, 0.3) is 5.91 Å². The van der Waals surface area contributed by atoms with E-state index in [2.05, 4.69) is 5.32 Å². The molecule has 2 fully saturated rings. The van der Waals surface area contributed by atoms with E-state index in [-0.39, 0.29) is 5.91 Å². The molecule has 2 saturated heterocycles. The summed E-state index contributed by atoms with van der Waals surface area (Å²) in [6.07, 6.45) is 0.269. The van der Waals surface area contributed by atoms with Gasteiger partial charge in [-0.15, -0.1) is 0 Å². The highest BCUT2D eigenvalue weighted by atomic mass is 16.6. The largest absolute Gasteiger partial charge is 0.467 e. The van der Waals surface area contributed by atoms with Crippen LogP contribution in [0.25, 0.3) is 0 Å². The van der Waals surface area contributed by atoms with Gasteiger partial charge in [-0.3, -0.25) is 4.79 Å². The van der Waals surface area contributed by atoms with Crippen LogP contribution in [0.1, 0.15) is 47.0 Å². The van der Waals surface area contributed by atoms with Crippen LogP contribution in [0.3, 0.4) is 0 Å². The van der Waals surface area contributed by atoms with Gasteiger partial charge in [0, 0.05) is 0 Å². The Labute approximate surface area is 141 Å². The molecule has 0 radical (unpaired) electrons. The van der Waals surface area contributed by atoms with Crippen molar-refractivity contribution in [2.75, 3.05) is 7.11 Å². The molecule has 0 unspecified atom stereocenters. The van der Waals surface area contributed by atoms with Crippen LogP contribution in [-0.2, 0) is 23.8 Å². The number of fused-ring (bicyclic) bond motifs is 1. The Morgan fingerprint density at radius 2 is 1.96 bits per heavy atom. The predicted molar refractivity (Wildman–Crippen MR) is 84.0 cm³/mol. The Morgan fingerprint density at radius 1 is 1.29 bits per heavy atom. The number of alkyl carbamates (subject to hydrolysis) is 1. The monoisotopic (exact) mass is 342 g/mol. The molecule has 0 saturated carbocycles. The molecule has 136 valence electrons. The lowest BCUT2D eigenvalue weighted by Crippen LogP contribution is -2.67. The molecular weight excluding hydrogens is 316 g/mol. The van der Waals surface area contributed by atoms with E-state index in [1.165, 1.54) is 12.0 Å². The fourth-order valence-electron chi connectivity index (χ4n) is 3.06. The van der Waals surface area contributed by atoms with Crippen molar-refractivity contribution in [1.29, 1.82) is 0 Å². The number of rotatable bonds is 2. The van der Waals surface area contributed by atoms with Crippen molar-refractivity contribution in [3.05, 3.63) is 0 Å². The predicted octanol–water partition coefficient (Wildman–Crippen LogP) is 1.18. The first kappa shape index (κ1) is 18.5. The van der Waals surface area contributed by atoms with Gasteiger partial charge in [0.2, 0.25) is 0 Å². The molecule has 4 atom stereocenters. The van der Waals surface area contributed by atoms with E-state index in [9.17, 15) is 14.4 Å². The molecule has 2 heterocycles. The molecule has 2 aliphatic rings. The van der Waals surface area contributed by atoms with E-state index in [0.717, 1.165) is 6.42 Å². The second kappa shape index (κ2) is 6.96. The molecule has 1 N–H and O–H groups in total. The van der Waals surface area contributed by atoms with Crippen LogP contribution in [0.2, 0.25) is 0 Å². The smallest absolute Gasteiger partial charge is 0.408 e. The lowest BCUT2D eigenvalue weighted by Gasteiger charge is -2.47. The van der Waals surface area contributed by atoms with Crippen LogP contribution in [0.5, 0.6) is 0 Å². The standard InChI is InChI=1S/C16H26N2O6/c1-9-12(17-15(21)24-16(2,3)4)13(19)18-10(14(20)22-5)7-6-8-11(18)23-9/h9-12H,6-8H2,1-5H3,(H,17,21)/t9-,10-,11+,12-/m0/s1. The minimum absolute atomic E-state index is 0.347. The molecule has 0 aromatic rings. The van der Waals surface area contributed by atoms with Gasteiger partial charge >= 0.3 is 12.1 Å². The molecule has 0 bridgehead atoms. The molecule has 0 aromatic carbocycles. The Bertz CT molecular complexity index is 515. The van der Waals surface area contributed by atoms with Crippen molar-refractivity contribution >= 4 is 18.0 Å². The van der Waals surface area contributed by atoms with Crippen LogP contribution >= 0.6 is 0 Å². The van der Waals surface area contributed by atoms with Gasteiger partial charge in [0.1, 0.15) is 23.9 Å². The van der Waals surface area contributed by atoms with E-state index in [1.54, 1.807) is 27.7 Å². The van der Waals surface area contributed by atoms with Gasteiger partial charge < -0.3 is 24.4 Å². The maximum absolute atomic E-state index is 12.9. The second-order valence-electron chi connectivity index (χ2n) is 7.14. The number of nitrogens with zero attached hydrogens (tertiary/aromatic N) is 1. The third kappa shape index (κ3) is 3.98. The molecular formula is C16H26N2O6. The van der Waals surface area contributed by atoms with Gasteiger partial charge in [0.05, 0.1) is 13.2 Å². The molecule has 0 aliphatic carbocycles. The summed E-state index contributed by atoms with van der Waals surface area (Å²) in [6.45, 7) is 6.94. The van der Waals surface area contributed by atoms with Crippen molar-refractivity contribution in [1.82, 2.24) is 10.2 Å². The number of hydrogen-bond acceptors (Lipinski definition) is 6. The zero-order valence-corrected chi connectivity index (χ0v) is 14.8. The first-order chi connectivity index (χ1) is 11.1. The second-order valence-corrected chi connectivity index (χ2v) is 7.14. The molecule has 0 spiro atoms. The first-order valence-corrected chi connectivity index (χ1v) is 8.19. The molecule has 24 heavy (non-hydrogen) atoms. The van der Waals surface area contributed by atoms with Gasteiger partial charge in [-0.25, -0.2) is 9.59 Å². The van der Waals surface area contributed by atoms with E-state index in [0.29, 0.717) is 12.8 Å². The number of ether oxygens (including phenoxy) is 3. The highest BCUT2D eigenvalue weighted by Crippen LogP contribution is 2.30. The topological polar surface area (TPSA) is 94.2 Å². The maximum atomic E-state index is 12.9.